The van der Waals surface area contributed by atoms with E-state index in [0.29, 0.717) is 18.0 Å². The van der Waals surface area contributed by atoms with Crippen molar-refractivity contribution in [1.82, 2.24) is 14.8 Å². The Balaban J connectivity index is 2.36. The molecule has 5 heteroatoms. The molecule has 0 fully saturated rings. The van der Waals surface area contributed by atoms with Gasteiger partial charge in [0.05, 0.1) is 5.69 Å². The van der Waals surface area contributed by atoms with Gasteiger partial charge >= 0.3 is 0 Å². The van der Waals surface area contributed by atoms with Crippen molar-refractivity contribution in [3.05, 3.63) is 40.9 Å². The number of rotatable bonds is 3. The lowest BCUT2D eigenvalue weighted by molar-refractivity contribution is 0.804. The van der Waals surface area contributed by atoms with Crippen LogP contribution in [0.15, 0.2) is 24.3 Å². The maximum atomic E-state index is 5.83. The molecule has 84 valence electrons. The second kappa shape index (κ2) is 4.63. The fourth-order valence-corrected chi connectivity index (χ4v) is 1.63. The molecular weight excluding hydrogens is 224 g/mol. The van der Waals surface area contributed by atoms with Gasteiger partial charge in [-0.15, -0.1) is 0 Å². The van der Waals surface area contributed by atoms with Crippen molar-refractivity contribution in [2.75, 3.05) is 6.54 Å². The number of benzene rings is 1. The van der Waals surface area contributed by atoms with Crippen molar-refractivity contribution < 1.29 is 0 Å². The van der Waals surface area contributed by atoms with Crippen molar-refractivity contribution in [2.45, 2.75) is 13.3 Å². The molecule has 0 aliphatic carbocycles. The third-order valence-corrected chi connectivity index (χ3v) is 2.50. The van der Waals surface area contributed by atoms with Gasteiger partial charge in [-0.3, -0.25) is 0 Å². The van der Waals surface area contributed by atoms with Crippen LogP contribution in [0.4, 0.5) is 0 Å². The van der Waals surface area contributed by atoms with Crippen LogP contribution >= 0.6 is 11.6 Å². The van der Waals surface area contributed by atoms with Crippen LogP contribution in [0.3, 0.4) is 0 Å². The summed E-state index contributed by atoms with van der Waals surface area (Å²) in [6.45, 7) is 2.48. The van der Waals surface area contributed by atoms with Crippen LogP contribution in [0.25, 0.3) is 5.69 Å². The maximum Gasteiger partial charge on any atom is 0.152 e. The molecule has 0 radical (unpaired) electrons. The van der Waals surface area contributed by atoms with Gasteiger partial charge in [0.25, 0.3) is 0 Å². The molecule has 0 amide bonds. The second-order valence-corrected chi connectivity index (χ2v) is 3.94. The average molecular weight is 237 g/mol. The monoisotopic (exact) mass is 236 g/mol. The number of hydrogen-bond acceptors (Lipinski definition) is 3. The molecule has 2 N–H and O–H groups in total. The summed E-state index contributed by atoms with van der Waals surface area (Å²) in [4.78, 5) is 4.34. The van der Waals surface area contributed by atoms with Crippen LogP contribution in [-0.2, 0) is 6.42 Å². The molecule has 1 aromatic carbocycles. The first-order chi connectivity index (χ1) is 7.70. The summed E-state index contributed by atoms with van der Waals surface area (Å²) in [7, 11) is 0. The first kappa shape index (κ1) is 11.1. The molecule has 0 unspecified atom stereocenters. The number of nitrogens with zero attached hydrogens (tertiary/aromatic N) is 3. The highest BCUT2D eigenvalue weighted by atomic mass is 35.5. The molecule has 0 spiro atoms. The molecule has 0 aliphatic rings. The Hall–Kier alpha value is -1.39. The fourth-order valence-electron chi connectivity index (χ4n) is 1.51. The number of hydrogen-bond donors (Lipinski definition) is 1. The predicted octanol–water partition coefficient (Wildman–Crippen LogP) is 1.73. The van der Waals surface area contributed by atoms with Crippen molar-refractivity contribution in [1.29, 1.82) is 0 Å². The molecule has 0 saturated heterocycles. The molecule has 0 atom stereocenters. The SMILES string of the molecule is Cc1nc(CCN)nn1-c1ccc(Cl)cc1. The zero-order valence-electron chi connectivity index (χ0n) is 9.02. The van der Waals surface area contributed by atoms with Gasteiger partial charge in [-0.2, -0.15) is 5.10 Å². The van der Waals surface area contributed by atoms with Gasteiger partial charge < -0.3 is 5.73 Å². The Morgan fingerprint density at radius 2 is 2.00 bits per heavy atom. The number of aromatic nitrogens is 3. The number of halogens is 1. The number of aryl methyl sites for hydroxylation is 1. The van der Waals surface area contributed by atoms with Crippen LogP contribution in [0.1, 0.15) is 11.6 Å². The molecule has 1 aromatic heterocycles. The number of nitrogens with two attached hydrogens (primary N) is 1. The van der Waals surface area contributed by atoms with Crippen LogP contribution in [0.2, 0.25) is 5.02 Å². The first-order valence-corrected chi connectivity index (χ1v) is 5.47. The highest BCUT2D eigenvalue weighted by Gasteiger charge is 2.06. The maximum absolute atomic E-state index is 5.83. The van der Waals surface area contributed by atoms with E-state index in [1.165, 1.54) is 0 Å². The molecule has 2 rings (SSSR count). The van der Waals surface area contributed by atoms with E-state index in [9.17, 15) is 0 Å². The largest absolute Gasteiger partial charge is 0.330 e. The lowest BCUT2D eigenvalue weighted by Gasteiger charge is -2.02. The van der Waals surface area contributed by atoms with Gasteiger partial charge in [0.1, 0.15) is 5.82 Å². The van der Waals surface area contributed by atoms with Gasteiger partial charge in [-0.05, 0) is 37.7 Å². The third-order valence-electron chi connectivity index (χ3n) is 2.25. The standard InChI is InChI=1S/C11H13ClN4/c1-8-14-11(6-7-13)15-16(8)10-4-2-9(12)3-5-10/h2-5H,6-7,13H2,1H3. The van der Waals surface area contributed by atoms with E-state index in [0.717, 1.165) is 17.3 Å². The van der Waals surface area contributed by atoms with Crippen molar-refractivity contribution in [2.24, 2.45) is 5.73 Å². The second-order valence-electron chi connectivity index (χ2n) is 3.50. The van der Waals surface area contributed by atoms with Crippen LogP contribution in [-0.4, -0.2) is 21.3 Å². The van der Waals surface area contributed by atoms with E-state index in [1.807, 2.05) is 31.2 Å². The minimum Gasteiger partial charge on any atom is -0.330 e. The Labute approximate surface area is 99.1 Å². The molecule has 2 aromatic rings. The van der Waals surface area contributed by atoms with E-state index in [-0.39, 0.29) is 0 Å². The van der Waals surface area contributed by atoms with Crippen molar-refractivity contribution in [3.8, 4) is 5.69 Å². The van der Waals surface area contributed by atoms with Crippen LogP contribution in [0, 0.1) is 6.92 Å². The van der Waals surface area contributed by atoms with Gasteiger partial charge in [-0.25, -0.2) is 9.67 Å². The molecule has 0 bridgehead atoms. The molecular formula is C11H13ClN4. The Kier molecular flexibility index (Phi) is 3.22. The fraction of sp³-hybridized carbons (Fsp3) is 0.273. The van der Waals surface area contributed by atoms with Gasteiger partial charge in [0, 0.05) is 11.4 Å². The van der Waals surface area contributed by atoms with E-state index >= 15 is 0 Å². The molecule has 0 aliphatic heterocycles. The summed E-state index contributed by atoms with van der Waals surface area (Å²) in [6.07, 6.45) is 0.696. The molecule has 16 heavy (non-hydrogen) atoms. The minimum atomic E-state index is 0.560. The van der Waals surface area contributed by atoms with Gasteiger partial charge in [0.15, 0.2) is 5.82 Å². The van der Waals surface area contributed by atoms with E-state index < -0.39 is 0 Å². The molecule has 1 heterocycles. The summed E-state index contributed by atoms with van der Waals surface area (Å²) in [5, 5.41) is 5.09. The average Bonchev–Trinajstić information content (AvgIpc) is 2.61. The van der Waals surface area contributed by atoms with Gasteiger partial charge in [-0.1, -0.05) is 11.6 Å². The van der Waals surface area contributed by atoms with Crippen LogP contribution < -0.4 is 5.73 Å². The quantitative estimate of drug-likeness (QED) is 0.883. The Morgan fingerprint density at radius 3 is 2.62 bits per heavy atom. The summed E-state index contributed by atoms with van der Waals surface area (Å²) >= 11 is 5.83. The lowest BCUT2D eigenvalue weighted by atomic mass is 10.3. The summed E-state index contributed by atoms with van der Waals surface area (Å²) in [5.74, 6) is 1.63. The summed E-state index contributed by atoms with van der Waals surface area (Å²) in [6, 6.07) is 7.49. The highest BCUT2D eigenvalue weighted by Crippen LogP contribution is 2.14. The van der Waals surface area contributed by atoms with E-state index in [1.54, 1.807) is 4.68 Å². The topological polar surface area (TPSA) is 56.7 Å². The Morgan fingerprint density at radius 1 is 1.31 bits per heavy atom. The summed E-state index contributed by atoms with van der Waals surface area (Å²) in [5.41, 5.74) is 6.43. The molecule has 4 nitrogen and oxygen atoms in total. The minimum absolute atomic E-state index is 0.560. The smallest absolute Gasteiger partial charge is 0.152 e. The van der Waals surface area contributed by atoms with Crippen molar-refractivity contribution in [3.63, 3.8) is 0 Å². The van der Waals surface area contributed by atoms with Crippen LogP contribution in [0.5, 0.6) is 0 Å². The lowest BCUT2D eigenvalue weighted by Crippen LogP contribution is -2.05. The highest BCUT2D eigenvalue weighted by molar-refractivity contribution is 6.30. The van der Waals surface area contributed by atoms with E-state index in [2.05, 4.69) is 10.1 Å². The van der Waals surface area contributed by atoms with Crippen molar-refractivity contribution >= 4 is 11.6 Å². The first-order valence-electron chi connectivity index (χ1n) is 5.09. The predicted molar refractivity (Wildman–Crippen MR) is 63.9 cm³/mol. The normalized spacial score (nSPS) is 10.7. The van der Waals surface area contributed by atoms with E-state index in [4.69, 9.17) is 17.3 Å². The third kappa shape index (κ3) is 2.23. The zero-order chi connectivity index (χ0) is 11.5. The Bertz CT molecular complexity index is 475. The molecule has 0 saturated carbocycles. The van der Waals surface area contributed by atoms with Gasteiger partial charge in [0.2, 0.25) is 0 Å². The summed E-state index contributed by atoms with van der Waals surface area (Å²) < 4.78 is 1.79. The zero-order valence-corrected chi connectivity index (χ0v) is 9.78.